The molecule has 74 valence electrons. The molecule has 0 saturated heterocycles. The minimum atomic E-state index is -4.68. The van der Waals surface area contributed by atoms with Crippen molar-refractivity contribution in [3.8, 4) is 0 Å². The topological polar surface area (TPSA) is 83.9 Å². The van der Waals surface area contributed by atoms with E-state index in [1.807, 2.05) is 0 Å². The molecular formula is C5H11CdNO5S. The van der Waals surface area contributed by atoms with Crippen LogP contribution in [0.2, 0.25) is 0 Å². The van der Waals surface area contributed by atoms with Crippen LogP contribution in [0.1, 0.15) is 13.8 Å². The van der Waals surface area contributed by atoms with E-state index < -0.39 is 16.5 Å². The van der Waals surface area contributed by atoms with E-state index in [1.165, 1.54) is 0 Å². The number of hydrogen-bond acceptors (Lipinski definition) is 4. The molecule has 0 rings (SSSR count). The largest absolute Gasteiger partial charge is 0.450 e. The van der Waals surface area contributed by atoms with Crippen molar-refractivity contribution < 1.29 is 49.2 Å². The summed E-state index contributed by atoms with van der Waals surface area (Å²) in [5, 5.41) is 0. The van der Waals surface area contributed by atoms with Gasteiger partial charge in [-0.2, -0.15) is 8.42 Å². The van der Waals surface area contributed by atoms with Crippen molar-refractivity contribution in [2.45, 2.75) is 13.8 Å². The molecule has 6 nitrogen and oxygen atoms in total. The number of amides is 1. The second kappa shape index (κ2) is 6.54. The van der Waals surface area contributed by atoms with E-state index in [-0.39, 0.29) is 27.3 Å². The second-order valence-corrected chi connectivity index (χ2v) is 2.97. The second-order valence-electron chi connectivity index (χ2n) is 1.95. The van der Waals surface area contributed by atoms with Crippen molar-refractivity contribution in [2.75, 3.05) is 13.1 Å². The Morgan fingerprint density at radius 1 is 1.38 bits per heavy atom. The molecule has 0 aromatic heterocycles. The molecule has 0 fully saturated rings. The van der Waals surface area contributed by atoms with Crippen molar-refractivity contribution in [3.05, 3.63) is 0 Å². The van der Waals surface area contributed by atoms with Crippen molar-refractivity contribution in [1.29, 1.82) is 0 Å². The van der Waals surface area contributed by atoms with Crippen LogP contribution in [0.5, 0.6) is 0 Å². The van der Waals surface area contributed by atoms with Crippen LogP contribution in [0.25, 0.3) is 0 Å². The first-order valence-corrected chi connectivity index (χ1v) is 4.73. The Bertz CT molecular complexity index is 248. The fraction of sp³-hybridized carbons (Fsp3) is 0.800. The summed E-state index contributed by atoms with van der Waals surface area (Å²) in [5.41, 5.74) is 0. The molecule has 0 radical (unpaired) electrons. The molecule has 0 unspecified atom stereocenters. The van der Waals surface area contributed by atoms with Gasteiger partial charge >= 0.3 is 16.5 Å². The zero-order chi connectivity index (χ0) is 9.78. The SMILES string of the molecule is CCN(CC)C(=O)OS(=O)(=O)O.[Cd]. The number of rotatable bonds is 3. The van der Waals surface area contributed by atoms with Gasteiger partial charge in [-0.25, -0.2) is 4.79 Å². The first-order chi connectivity index (χ1) is 5.40. The summed E-state index contributed by atoms with van der Waals surface area (Å²) in [5.74, 6) is 0. The molecular weight excluding hydrogens is 299 g/mol. The molecule has 0 spiro atoms. The minimum absolute atomic E-state index is 0. The van der Waals surface area contributed by atoms with Crippen LogP contribution in [0.4, 0.5) is 4.79 Å². The van der Waals surface area contributed by atoms with E-state index in [2.05, 4.69) is 4.18 Å². The third-order valence-corrected chi connectivity index (χ3v) is 1.55. The van der Waals surface area contributed by atoms with Crippen molar-refractivity contribution in [1.82, 2.24) is 4.90 Å². The van der Waals surface area contributed by atoms with E-state index in [0.29, 0.717) is 13.1 Å². The van der Waals surface area contributed by atoms with Gasteiger partial charge < -0.3 is 9.08 Å². The van der Waals surface area contributed by atoms with Crippen LogP contribution >= 0.6 is 0 Å². The Labute approximate surface area is 97.4 Å². The summed E-state index contributed by atoms with van der Waals surface area (Å²) >= 11 is 0. The van der Waals surface area contributed by atoms with Crippen LogP contribution in [-0.2, 0) is 41.9 Å². The van der Waals surface area contributed by atoms with E-state index >= 15 is 0 Å². The standard InChI is InChI=1S/C5H11NO5S.Cd/c1-3-6(4-2)5(7)11-12(8,9)10;/h3-4H2,1-2H3,(H,8,9,10);. The monoisotopic (exact) mass is 311 g/mol. The maximum atomic E-state index is 10.8. The molecule has 0 bridgehead atoms. The summed E-state index contributed by atoms with van der Waals surface area (Å²) in [4.78, 5) is 11.9. The van der Waals surface area contributed by atoms with Crippen molar-refractivity contribution in [3.63, 3.8) is 0 Å². The Morgan fingerprint density at radius 3 is 2.00 bits per heavy atom. The molecule has 1 amide bonds. The molecule has 0 aliphatic heterocycles. The van der Waals surface area contributed by atoms with Gasteiger partial charge in [-0.1, -0.05) is 0 Å². The normalized spacial score (nSPS) is 10.1. The first-order valence-electron chi connectivity index (χ1n) is 3.36. The number of carbonyl (C=O) groups is 1. The van der Waals surface area contributed by atoms with E-state index in [9.17, 15) is 13.2 Å². The molecule has 0 aliphatic carbocycles. The Morgan fingerprint density at radius 2 is 1.77 bits per heavy atom. The molecule has 0 aliphatic rings. The van der Waals surface area contributed by atoms with Gasteiger partial charge in [0.1, 0.15) is 0 Å². The zero-order valence-electron chi connectivity index (χ0n) is 7.56. The molecule has 0 saturated carbocycles. The number of hydrogen-bond donors (Lipinski definition) is 1. The van der Waals surface area contributed by atoms with Crippen molar-refractivity contribution >= 4 is 16.5 Å². The molecule has 8 heteroatoms. The quantitative estimate of drug-likeness (QED) is 0.597. The van der Waals surface area contributed by atoms with Gasteiger partial charge in [0.25, 0.3) is 0 Å². The average Bonchev–Trinajstić information content (AvgIpc) is 1.85. The van der Waals surface area contributed by atoms with E-state index in [1.54, 1.807) is 13.8 Å². The summed E-state index contributed by atoms with van der Waals surface area (Å²) in [6.45, 7) is 3.97. The van der Waals surface area contributed by atoms with Crippen LogP contribution in [0, 0.1) is 0 Å². The van der Waals surface area contributed by atoms with Gasteiger partial charge in [-0.3, -0.25) is 4.55 Å². The number of carbonyl (C=O) groups excluding carboxylic acids is 1. The Balaban J connectivity index is 0. The average molecular weight is 310 g/mol. The summed E-state index contributed by atoms with van der Waals surface area (Å²) in [6, 6.07) is 0. The van der Waals surface area contributed by atoms with Crippen LogP contribution in [0.3, 0.4) is 0 Å². The summed E-state index contributed by atoms with van der Waals surface area (Å²) in [7, 11) is -4.68. The summed E-state index contributed by atoms with van der Waals surface area (Å²) in [6.07, 6.45) is -1.07. The van der Waals surface area contributed by atoms with Crippen LogP contribution in [-0.4, -0.2) is 37.1 Å². The fourth-order valence-corrected chi connectivity index (χ4v) is 0.910. The molecule has 0 atom stereocenters. The van der Waals surface area contributed by atoms with Crippen molar-refractivity contribution in [2.24, 2.45) is 0 Å². The van der Waals surface area contributed by atoms with Crippen LogP contribution < -0.4 is 0 Å². The molecule has 1 N–H and O–H groups in total. The van der Waals surface area contributed by atoms with Gasteiger partial charge in [0.15, 0.2) is 0 Å². The predicted molar refractivity (Wildman–Crippen MR) is 41.0 cm³/mol. The van der Waals surface area contributed by atoms with E-state index in [0.717, 1.165) is 4.90 Å². The molecule has 0 heterocycles. The summed E-state index contributed by atoms with van der Waals surface area (Å²) < 4.78 is 32.0. The maximum Gasteiger partial charge on any atom is 0.450 e. The first kappa shape index (κ1) is 15.6. The maximum absolute atomic E-state index is 10.8. The van der Waals surface area contributed by atoms with Gasteiger partial charge in [-0.05, 0) is 13.8 Å². The Hall–Kier alpha value is 0.102. The zero-order valence-corrected chi connectivity index (χ0v) is 12.4. The predicted octanol–water partition coefficient (Wildman–Crippen LogP) is 0.265. The molecule has 0 aromatic carbocycles. The third-order valence-electron chi connectivity index (χ3n) is 1.20. The fourth-order valence-electron chi connectivity index (χ4n) is 0.625. The Kier molecular flexibility index (Phi) is 7.83. The van der Waals surface area contributed by atoms with Gasteiger partial charge in [-0.15, -0.1) is 0 Å². The van der Waals surface area contributed by atoms with E-state index in [4.69, 9.17) is 4.55 Å². The van der Waals surface area contributed by atoms with Crippen LogP contribution in [0.15, 0.2) is 0 Å². The molecule has 0 aromatic rings. The van der Waals surface area contributed by atoms with Gasteiger partial charge in [0.05, 0.1) is 0 Å². The van der Waals surface area contributed by atoms with Gasteiger partial charge in [0.2, 0.25) is 0 Å². The van der Waals surface area contributed by atoms with Gasteiger partial charge in [0, 0.05) is 40.4 Å². The smallest absolute Gasteiger partial charge is 0.308 e. The number of nitrogens with zero attached hydrogens (tertiary/aromatic N) is 1. The third kappa shape index (κ3) is 7.19. The minimum Gasteiger partial charge on any atom is -0.308 e. The molecule has 13 heavy (non-hydrogen) atoms.